The molecule has 1 amide bonds. The van der Waals surface area contributed by atoms with E-state index in [2.05, 4.69) is 5.32 Å². The monoisotopic (exact) mass is 486 g/mol. The molecule has 0 aliphatic carbocycles. The van der Waals surface area contributed by atoms with Crippen molar-refractivity contribution in [2.75, 3.05) is 23.3 Å². The third-order valence-electron chi connectivity index (χ3n) is 5.06. The van der Waals surface area contributed by atoms with Crippen LogP contribution in [0.2, 0.25) is 5.02 Å². The smallest absolute Gasteiger partial charge is 0.339 e. The van der Waals surface area contributed by atoms with Crippen molar-refractivity contribution in [1.29, 1.82) is 0 Å². The number of rotatable bonds is 7. The Labute approximate surface area is 198 Å². The van der Waals surface area contributed by atoms with Gasteiger partial charge in [-0.25, -0.2) is 13.2 Å². The lowest BCUT2D eigenvalue weighted by Gasteiger charge is -2.25. The van der Waals surface area contributed by atoms with Gasteiger partial charge in [-0.15, -0.1) is 0 Å². The number of carbonyl (C=O) groups excluding carboxylic acids is 2. The van der Waals surface area contributed by atoms with Gasteiger partial charge in [-0.05, 0) is 61.4 Å². The number of carbonyl (C=O) groups is 2. The van der Waals surface area contributed by atoms with Gasteiger partial charge in [0, 0.05) is 5.69 Å². The van der Waals surface area contributed by atoms with Crippen LogP contribution < -0.4 is 9.62 Å². The van der Waals surface area contributed by atoms with E-state index in [9.17, 15) is 18.0 Å². The van der Waals surface area contributed by atoms with Gasteiger partial charge in [0.05, 0.1) is 23.4 Å². The molecule has 3 aromatic rings. The van der Waals surface area contributed by atoms with Crippen LogP contribution in [0.3, 0.4) is 0 Å². The predicted octanol–water partition coefficient (Wildman–Crippen LogP) is 4.58. The second-order valence-electron chi connectivity index (χ2n) is 7.30. The first-order valence-electron chi connectivity index (χ1n) is 9.97. The van der Waals surface area contributed by atoms with E-state index in [0.29, 0.717) is 5.69 Å². The maximum atomic E-state index is 13.7. The second-order valence-corrected chi connectivity index (χ2v) is 9.54. The van der Waals surface area contributed by atoms with Crippen molar-refractivity contribution < 1.29 is 22.7 Å². The molecule has 3 rings (SSSR count). The van der Waals surface area contributed by atoms with Gasteiger partial charge in [-0.2, -0.15) is 0 Å². The molecule has 33 heavy (non-hydrogen) atoms. The van der Waals surface area contributed by atoms with E-state index in [1.54, 1.807) is 24.3 Å². The van der Waals surface area contributed by atoms with Crippen molar-refractivity contribution in [2.45, 2.75) is 18.7 Å². The number of nitrogens with zero attached hydrogens (tertiary/aromatic N) is 1. The topological polar surface area (TPSA) is 92.8 Å². The van der Waals surface area contributed by atoms with Crippen molar-refractivity contribution in [2.24, 2.45) is 0 Å². The van der Waals surface area contributed by atoms with Gasteiger partial charge in [0.25, 0.3) is 10.0 Å². The highest BCUT2D eigenvalue weighted by atomic mass is 35.5. The number of hydrogen-bond acceptors (Lipinski definition) is 5. The number of hydrogen-bond donors (Lipinski definition) is 1. The van der Waals surface area contributed by atoms with Crippen LogP contribution in [-0.4, -0.2) is 33.9 Å². The summed E-state index contributed by atoms with van der Waals surface area (Å²) in [6.07, 6.45) is 0. The summed E-state index contributed by atoms with van der Waals surface area (Å²) in [5.74, 6) is -1.38. The Hall–Kier alpha value is -3.36. The fourth-order valence-corrected chi connectivity index (χ4v) is 5.10. The van der Waals surface area contributed by atoms with E-state index in [4.69, 9.17) is 16.3 Å². The van der Waals surface area contributed by atoms with E-state index in [0.717, 1.165) is 22.5 Å². The van der Waals surface area contributed by atoms with Crippen molar-refractivity contribution in [3.63, 3.8) is 0 Å². The quantitative estimate of drug-likeness (QED) is 0.493. The van der Waals surface area contributed by atoms with Crippen LogP contribution in [0.4, 0.5) is 11.4 Å². The van der Waals surface area contributed by atoms with Crippen molar-refractivity contribution in [3.8, 4) is 0 Å². The lowest BCUT2D eigenvalue weighted by Crippen LogP contribution is -2.39. The van der Waals surface area contributed by atoms with Crippen molar-refractivity contribution >= 4 is 44.9 Å². The first kappa shape index (κ1) is 24.3. The summed E-state index contributed by atoms with van der Waals surface area (Å²) in [7, 11) is -3.22. The Morgan fingerprint density at radius 3 is 2.30 bits per heavy atom. The molecule has 0 fully saturated rings. The van der Waals surface area contributed by atoms with E-state index in [1.807, 2.05) is 19.9 Å². The number of para-hydroxylation sites is 1. The van der Waals surface area contributed by atoms with Gasteiger partial charge in [-0.3, -0.25) is 9.10 Å². The number of aryl methyl sites for hydroxylation is 2. The number of sulfonamides is 1. The molecule has 1 N–H and O–H groups in total. The molecule has 7 nitrogen and oxygen atoms in total. The summed E-state index contributed by atoms with van der Waals surface area (Å²) in [4.78, 5) is 24.8. The predicted molar refractivity (Wildman–Crippen MR) is 128 cm³/mol. The maximum Gasteiger partial charge on any atom is 0.339 e. The third kappa shape index (κ3) is 5.35. The van der Waals surface area contributed by atoms with Crippen molar-refractivity contribution in [1.82, 2.24) is 0 Å². The van der Waals surface area contributed by atoms with Gasteiger partial charge in [0.2, 0.25) is 5.91 Å². The van der Waals surface area contributed by atoms with E-state index in [-0.39, 0.29) is 21.2 Å². The minimum Gasteiger partial charge on any atom is -0.465 e. The molecule has 0 saturated heterocycles. The minimum atomic E-state index is -4.38. The molecule has 0 spiro atoms. The summed E-state index contributed by atoms with van der Waals surface area (Å²) in [5, 5.41) is 2.86. The van der Waals surface area contributed by atoms with Crippen LogP contribution in [0, 0.1) is 13.8 Å². The molecule has 0 unspecified atom stereocenters. The number of esters is 1. The number of methoxy groups -OCH3 is 1. The summed E-state index contributed by atoms with van der Waals surface area (Å²) < 4.78 is 33.0. The molecule has 172 valence electrons. The maximum absolute atomic E-state index is 13.7. The highest BCUT2D eigenvalue weighted by molar-refractivity contribution is 7.93. The Balaban J connectivity index is 2.04. The van der Waals surface area contributed by atoms with Gasteiger partial charge >= 0.3 is 5.97 Å². The number of nitrogens with one attached hydrogen (secondary N) is 1. The largest absolute Gasteiger partial charge is 0.465 e. The van der Waals surface area contributed by atoms with E-state index in [1.165, 1.54) is 36.4 Å². The highest BCUT2D eigenvalue weighted by Gasteiger charge is 2.32. The molecule has 0 saturated carbocycles. The molecule has 3 aromatic carbocycles. The number of halogens is 1. The van der Waals surface area contributed by atoms with E-state index < -0.39 is 28.4 Å². The lowest BCUT2D eigenvalue weighted by atomic mass is 10.1. The lowest BCUT2D eigenvalue weighted by molar-refractivity contribution is -0.114. The van der Waals surface area contributed by atoms with E-state index >= 15 is 0 Å². The van der Waals surface area contributed by atoms with Crippen LogP contribution in [0.5, 0.6) is 0 Å². The molecule has 0 heterocycles. The molecular weight excluding hydrogens is 464 g/mol. The standard InChI is InChI=1S/C24H23ClN2O5S/c1-16-12-13-18(14-17(16)2)26-23(28)15-27(21-10-6-5-9-20(21)25)33(30,31)22-11-7-4-8-19(22)24(29)32-3/h4-14H,15H2,1-3H3,(H,26,28). The number of benzene rings is 3. The molecule has 0 aromatic heterocycles. The molecule has 0 aliphatic heterocycles. The molecule has 0 bridgehead atoms. The number of ether oxygens (including phenoxy) is 1. The number of anilines is 2. The molecule has 0 aliphatic rings. The SMILES string of the molecule is COC(=O)c1ccccc1S(=O)(=O)N(CC(=O)Nc1ccc(C)c(C)c1)c1ccccc1Cl. The fraction of sp³-hybridized carbons (Fsp3) is 0.167. The Morgan fingerprint density at radius 2 is 1.64 bits per heavy atom. The average molecular weight is 487 g/mol. The average Bonchev–Trinajstić information content (AvgIpc) is 2.80. The first-order chi connectivity index (χ1) is 15.6. The van der Waals surface area contributed by atoms with Gasteiger partial charge < -0.3 is 10.1 Å². The Bertz CT molecular complexity index is 1310. The molecule has 0 radical (unpaired) electrons. The zero-order valence-electron chi connectivity index (χ0n) is 18.3. The van der Waals surface area contributed by atoms with Crippen LogP contribution in [0.1, 0.15) is 21.5 Å². The van der Waals surface area contributed by atoms with Crippen LogP contribution in [0.15, 0.2) is 71.6 Å². The zero-order valence-corrected chi connectivity index (χ0v) is 19.9. The second kappa shape index (κ2) is 10.1. The van der Waals surface area contributed by atoms with Gasteiger partial charge in [-0.1, -0.05) is 41.9 Å². The van der Waals surface area contributed by atoms with Gasteiger partial charge in [0.1, 0.15) is 11.4 Å². The van der Waals surface area contributed by atoms with Gasteiger partial charge in [0.15, 0.2) is 0 Å². The third-order valence-corrected chi connectivity index (χ3v) is 7.20. The Morgan fingerprint density at radius 1 is 0.970 bits per heavy atom. The summed E-state index contributed by atoms with van der Waals surface area (Å²) in [5.41, 5.74) is 2.54. The number of amides is 1. The highest BCUT2D eigenvalue weighted by Crippen LogP contribution is 2.31. The Kier molecular flexibility index (Phi) is 7.40. The molecule has 0 atom stereocenters. The van der Waals surface area contributed by atoms with Crippen LogP contribution in [-0.2, 0) is 19.6 Å². The minimum absolute atomic E-state index is 0.106. The zero-order chi connectivity index (χ0) is 24.2. The summed E-state index contributed by atoms with van der Waals surface area (Å²) in [6.45, 7) is 3.30. The van der Waals surface area contributed by atoms with Crippen molar-refractivity contribution in [3.05, 3.63) is 88.4 Å². The summed E-state index contributed by atoms with van der Waals surface area (Å²) >= 11 is 6.29. The normalized spacial score (nSPS) is 11.0. The fourth-order valence-electron chi connectivity index (χ4n) is 3.19. The molecular formula is C24H23ClN2O5S. The van der Waals surface area contributed by atoms with Crippen LogP contribution >= 0.6 is 11.6 Å². The first-order valence-corrected chi connectivity index (χ1v) is 11.8. The van der Waals surface area contributed by atoms with Crippen LogP contribution in [0.25, 0.3) is 0 Å². The summed E-state index contributed by atoms with van der Waals surface area (Å²) in [6, 6.07) is 17.3. The molecule has 9 heteroatoms.